The van der Waals surface area contributed by atoms with Gasteiger partial charge in [0.25, 0.3) is 0 Å². The molecule has 0 fully saturated rings. The van der Waals surface area contributed by atoms with E-state index in [1.165, 1.54) is 0 Å². The quantitative estimate of drug-likeness (QED) is 0.790. The molecule has 0 atom stereocenters. The predicted octanol–water partition coefficient (Wildman–Crippen LogP) is 2.77. The number of hydrogen-bond acceptors (Lipinski definition) is 3. The van der Waals surface area contributed by atoms with Crippen molar-refractivity contribution in [2.45, 2.75) is 26.3 Å². The molecule has 2 aromatic rings. The zero-order valence-corrected chi connectivity index (χ0v) is 11.2. The molecule has 92 valence electrons. The lowest BCUT2D eigenvalue weighted by atomic mass is 10.1. The Kier molecular flexibility index (Phi) is 3.10. The van der Waals surface area contributed by atoms with Gasteiger partial charge in [0.15, 0.2) is 0 Å². The minimum Gasteiger partial charge on any atom is -0.382 e. The Labute approximate surface area is 106 Å². The van der Waals surface area contributed by atoms with Crippen LogP contribution in [0.1, 0.15) is 19.4 Å². The first-order valence-corrected chi connectivity index (χ1v) is 5.83. The van der Waals surface area contributed by atoms with E-state index in [-0.39, 0.29) is 10.8 Å². The van der Waals surface area contributed by atoms with Crippen molar-refractivity contribution in [1.82, 2.24) is 14.5 Å². The molecule has 2 rings (SSSR count). The molecule has 0 N–H and O–H groups in total. The zero-order valence-electron chi connectivity index (χ0n) is 10.5. The van der Waals surface area contributed by atoms with Crippen molar-refractivity contribution in [3.63, 3.8) is 0 Å². The van der Waals surface area contributed by atoms with E-state index in [4.69, 9.17) is 16.3 Å². The van der Waals surface area contributed by atoms with Crippen molar-refractivity contribution in [2.75, 3.05) is 13.7 Å². The van der Waals surface area contributed by atoms with Crippen molar-refractivity contribution in [2.24, 2.45) is 0 Å². The van der Waals surface area contributed by atoms with Gasteiger partial charge in [-0.15, -0.1) is 0 Å². The van der Waals surface area contributed by atoms with Crippen LogP contribution < -0.4 is 0 Å². The van der Waals surface area contributed by atoms with Crippen LogP contribution in [-0.4, -0.2) is 28.3 Å². The Morgan fingerprint density at radius 3 is 2.82 bits per heavy atom. The summed E-state index contributed by atoms with van der Waals surface area (Å²) >= 11 is 5.86. The van der Waals surface area contributed by atoms with Gasteiger partial charge in [-0.1, -0.05) is 0 Å². The fourth-order valence-electron chi connectivity index (χ4n) is 2.02. The van der Waals surface area contributed by atoms with Crippen molar-refractivity contribution < 1.29 is 4.74 Å². The first-order chi connectivity index (χ1) is 7.95. The average molecular weight is 254 g/mol. The summed E-state index contributed by atoms with van der Waals surface area (Å²) in [6.45, 7) is 6.85. The lowest BCUT2D eigenvalue weighted by molar-refractivity contribution is 0.112. The maximum Gasteiger partial charge on any atom is 0.224 e. The van der Waals surface area contributed by atoms with E-state index in [9.17, 15) is 0 Å². The Hall–Kier alpha value is -1.13. The zero-order chi connectivity index (χ0) is 12.6. The fraction of sp³-hybridized carbons (Fsp3) is 0.500. The van der Waals surface area contributed by atoms with Crippen LogP contribution in [0.3, 0.4) is 0 Å². The molecule has 0 unspecified atom stereocenters. The molecule has 0 bridgehead atoms. The van der Waals surface area contributed by atoms with Gasteiger partial charge in [-0.2, -0.15) is 4.98 Å². The predicted molar refractivity (Wildman–Crippen MR) is 68.5 cm³/mol. The van der Waals surface area contributed by atoms with Gasteiger partial charge in [0.1, 0.15) is 5.65 Å². The Balaban J connectivity index is 2.65. The molecule has 0 aliphatic rings. The van der Waals surface area contributed by atoms with Crippen molar-refractivity contribution >= 4 is 22.6 Å². The van der Waals surface area contributed by atoms with Crippen molar-refractivity contribution in [3.05, 3.63) is 23.2 Å². The number of methoxy groups -OCH3 is 1. The average Bonchev–Trinajstić information content (AvgIpc) is 2.56. The molecular weight excluding hydrogens is 238 g/mol. The third-order valence-electron chi connectivity index (χ3n) is 2.86. The molecule has 0 saturated carbocycles. The van der Waals surface area contributed by atoms with E-state index in [1.54, 1.807) is 13.3 Å². The van der Waals surface area contributed by atoms with Crippen LogP contribution in [0.2, 0.25) is 5.28 Å². The third kappa shape index (κ3) is 2.15. The largest absolute Gasteiger partial charge is 0.382 e. The molecule has 0 aromatic carbocycles. The number of aryl methyl sites for hydroxylation is 1. The molecule has 5 heteroatoms. The summed E-state index contributed by atoms with van der Waals surface area (Å²) in [6, 6.07) is 0. The molecular formula is C12H16ClN3O. The van der Waals surface area contributed by atoms with E-state index in [2.05, 4.69) is 34.6 Å². The lowest BCUT2D eigenvalue weighted by Gasteiger charge is -2.26. The molecule has 0 aliphatic carbocycles. The van der Waals surface area contributed by atoms with Crippen LogP contribution in [0.15, 0.2) is 12.4 Å². The number of ether oxygens (including phenoxy) is 1. The molecule has 4 nitrogen and oxygen atoms in total. The monoisotopic (exact) mass is 253 g/mol. The maximum atomic E-state index is 5.86. The van der Waals surface area contributed by atoms with E-state index >= 15 is 0 Å². The smallest absolute Gasteiger partial charge is 0.224 e. The summed E-state index contributed by atoms with van der Waals surface area (Å²) < 4.78 is 7.34. The lowest BCUT2D eigenvalue weighted by Crippen LogP contribution is -2.31. The molecule has 2 heterocycles. The van der Waals surface area contributed by atoms with Gasteiger partial charge in [-0.3, -0.25) is 0 Å². The summed E-state index contributed by atoms with van der Waals surface area (Å²) in [5, 5.41) is 1.30. The molecule has 0 amide bonds. The molecule has 0 radical (unpaired) electrons. The number of aromatic nitrogens is 3. The van der Waals surface area contributed by atoms with E-state index in [1.807, 2.05) is 6.92 Å². The second-order valence-electron chi connectivity index (χ2n) is 4.80. The van der Waals surface area contributed by atoms with Crippen molar-refractivity contribution in [1.29, 1.82) is 0 Å². The second kappa shape index (κ2) is 4.27. The highest BCUT2D eigenvalue weighted by Crippen LogP contribution is 2.26. The minimum absolute atomic E-state index is 0.168. The molecule has 0 aliphatic heterocycles. The summed E-state index contributed by atoms with van der Waals surface area (Å²) in [4.78, 5) is 8.33. The molecule has 2 aromatic heterocycles. The first-order valence-electron chi connectivity index (χ1n) is 5.45. The third-order valence-corrected chi connectivity index (χ3v) is 3.05. The maximum absolute atomic E-state index is 5.86. The van der Waals surface area contributed by atoms with Crippen LogP contribution in [-0.2, 0) is 10.3 Å². The summed E-state index contributed by atoms with van der Waals surface area (Å²) in [6.07, 6.45) is 3.83. The SMILES string of the molecule is COCC(C)(C)n1cc(C)c2cnc(Cl)nc21. The summed E-state index contributed by atoms with van der Waals surface area (Å²) in [5.74, 6) is 0. The van der Waals surface area contributed by atoms with Gasteiger partial charge in [-0.25, -0.2) is 4.98 Å². The molecule has 0 spiro atoms. The van der Waals surface area contributed by atoms with Gasteiger partial charge in [0, 0.05) is 24.9 Å². The Morgan fingerprint density at radius 1 is 1.47 bits per heavy atom. The molecule has 17 heavy (non-hydrogen) atoms. The number of fused-ring (bicyclic) bond motifs is 1. The normalized spacial score (nSPS) is 12.3. The Morgan fingerprint density at radius 2 is 2.18 bits per heavy atom. The van der Waals surface area contributed by atoms with Gasteiger partial charge in [0.2, 0.25) is 5.28 Å². The minimum atomic E-state index is -0.168. The highest BCUT2D eigenvalue weighted by atomic mass is 35.5. The van der Waals surface area contributed by atoms with E-state index in [0.717, 1.165) is 16.6 Å². The Bertz CT molecular complexity index is 548. The van der Waals surface area contributed by atoms with Gasteiger partial charge >= 0.3 is 0 Å². The van der Waals surface area contributed by atoms with Crippen molar-refractivity contribution in [3.8, 4) is 0 Å². The van der Waals surface area contributed by atoms with Gasteiger partial charge in [-0.05, 0) is 37.9 Å². The number of halogens is 1. The second-order valence-corrected chi connectivity index (χ2v) is 5.14. The summed E-state index contributed by atoms with van der Waals surface area (Å²) in [7, 11) is 1.70. The highest BCUT2D eigenvalue weighted by molar-refractivity contribution is 6.28. The highest BCUT2D eigenvalue weighted by Gasteiger charge is 2.23. The van der Waals surface area contributed by atoms with Crippen LogP contribution in [0.25, 0.3) is 11.0 Å². The number of nitrogens with zero attached hydrogens (tertiary/aromatic N) is 3. The summed E-state index contributed by atoms with van der Waals surface area (Å²) in [5.41, 5.74) is 1.82. The van der Waals surface area contributed by atoms with Crippen LogP contribution in [0.4, 0.5) is 0 Å². The van der Waals surface area contributed by atoms with Crippen LogP contribution in [0, 0.1) is 6.92 Å². The van der Waals surface area contributed by atoms with Crippen LogP contribution in [0.5, 0.6) is 0 Å². The van der Waals surface area contributed by atoms with E-state index < -0.39 is 0 Å². The standard InChI is InChI=1S/C12H16ClN3O/c1-8-6-16(12(2,3)7-17-4)10-9(8)5-14-11(13)15-10/h5-6H,7H2,1-4H3. The number of hydrogen-bond donors (Lipinski definition) is 0. The first kappa shape index (κ1) is 12.3. The topological polar surface area (TPSA) is 39.9 Å². The van der Waals surface area contributed by atoms with Crippen LogP contribution >= 0.6 is 11.6 Å². The molecule has 0 saturated heterocycles. The fourth-order valence-corrected chi connectivity index (χ4v) is 2.15. The van der Waals surface area contributed by atoms with Gasteiger partial charge in [0.05, 0.1) is 12.1 Å². The van der Waals surface area contributed by atoms with Gasteiger partial charge < -0.3 is 9.30 Å². The van der Waals surface area contributed by atoms with E-state index in [0.29, 0.717) is 6.61 Å². The number of rotatable bonds is 3.